The maximum absolute atomic E-state index is 11.2. The fraction of sp³-hybridized carbons (Fsp3) is 0.867. The molecule has 112 valence electrons. The van der Waals surface area contributed by atoms with Gasteiger partial charge in [-0.25, -0.2) is 0 Å². The van der Waals surface area contributed by atoms with Gasteiger partial charge in [0.25, 0.3) is 0 Å². The second-order valence-electron chi connectivity index (χ2n) is 6.34. The summed E-state index contributed by atoms with van der Waals surface area (Å²) in [5.41, 5.74) is -0.223. The predicted octanol–water partition coefficient (Wildman–Crippen LogP) is 3.79. The quantitative estimate of drug-likeness (QED) is 0.626. The van der Waals surface area contributed by atoms with E-state index in [4.69, 9.17) is 5.11 Å². The number of hydrogen-bond donors (Lipinski definition) is 2. The van der Waals surface area contributed by atoms with Crippen LogP contribution in [0, 0.1) is 17.3 Å². The molecule has 0 bridgehead atoms. The Morgan fingerprint density at radius 3 is 1.84 bits per heavy atom. The first kappa shape index (κ1) is 17.9. The summed E-state index contributed by atoms with van der Waals surface area (Å²) in [5, 5.41) is 18.1. The average Bonchev–Trinajstić information content (AvgIpc) is 2.25. The van der Waals surface area contributed by atoms with Gasteiger partial charge in [0.15, 0.2) is 0 Å². The highest BCUT2D eigenvalue weighted by atomic mass is 16.4. The number of aliphatic carboxylic acids is 2. The summed E-state index contributed by atoms with van der Waals surface area (Å²) in [6, 6.07) is 0. The Morgan fingerprint density at radius 2 is 1.47 bits per heavy atom. The third kappa shape index (κ3) is 7.19. The molecule has 0 fully saturated rings. The number of carboxylic acids is 2. The molecule has 0 spiro atoms. The molecule has 0 saturated heterocycles. The average molecular weight is 272 g/mol. The molecule has 4 heteroatoms. The fourth-order valence-electron chi connectivity index (χ4n) is 2.35. The normalized spacial score (nSPS) is 14.9. The highest BCUT2D eigenvalue weighted by Gasteiger charge is 2.30. The van der Waals surface area contributed by atoms with E-state index < -0.39 is 11.9 Å². The van der Waals surface area contributed by atoms with Crippen molar-refractivity contribution in [2.45, 2.75) is 66.2 Å². The maximum atomic E-state index is 11.2. The van der Waals surface area contributed by atoms with E-state index in [1.165, 1.54) is 0 Å². The largest absolute Gasteiger partial charge is 0.481 e. The van der Waals surface area contributed by atoms with Gasteiger partial charge in [-0.05, 0) is 24.7 Å². The van der Waals surface area contributed by atoms with Crippen molar-refractivity contribution in [2.75, 3.05) is 0 Å². The summed E-state index contributed by atoms with van der Waals surface area (Å²) in [6.07, 6.45) is 4.64. The first-order valence-electron chi connectivity index (χ1n) is 7.15. The van der Waals surface area contributed by atoms with E-state index in [0.29, 0.717) is 19.3 Å². The molecule has 0 amide bonds. The lowest BCUT2D eigenvalue weighted by Crippen LogP contribution is -2.28. The van der Waals surface area contributed by atoms with Crippen molar-refractivity contribution in [1.82, 2.24) is 0 Å². The van der Waals surface area contributed by atoms with E-state index in [2.05, 4.69) is 0 Å². The lowest BCUT2D eigenvalue weighted by molar-refractivity contribution is -0.146. The number of carbonyl (C=O) groups is 2. The van der Waals surface area contributed by atoms with Crippen molar-refractivity contribution in [3.63, 3.8) is 0 Å². The van der Waals surface area contributed by atoms with E-state index in [-0.39, 0.29) is 17.3 Å². The molecular formula is C15H28O4. The van der Waals surface area contributed by atoms with Crippen LogP contribution >= 0.6 is 0 Å². The zero-order valence-electron chi connectivity index (χ0n) is 12.6. The van der Waals surface area contributed by atoms with Gasteiger partial charge in [-0.1, -0.05) is 47.0 Å². The van der Waals surface area contributed by atoms with Crippen LogP contribution in [0.5, 0.6) is 0 Å². The molecule has 0 aliphatic carbocycles. The second kappa shape index (κ2) is 8.18. The Bertz CT molecular complexity index is 291. The van der Waals surface area contributed by atoms with Gasteiger partial charge in [-0.2, -0.15) is 0 Å². The zero-order chi connectivity index (χ0) is 15.1. The van der Waals surface area contributed by atoms with Crippen LogP contribution < -0.4 is 0 Å². The highest BCUT2D eigenvalue weighted by Crippen LogP contribution is 2.30. The van der Waals surface area contributed by atoms with Crippen molar-refractivity contribution in [3.05, 3.63) is 0 Å². The van der Waals surface area contributed by atoms with Crippen molar-refractivity contribution in [3.8, 4) is 0 Å². The second-order valence-corrected chi connectivity index (χ2v) is 6.34. The topological polar surface area (TPSA) is 74.6 Å². The smallest absolute Gasteiger partial charge is 0.307 e. The summed E-state index contributed by atoms with van der Waals surface area (Å²) in [5.74, 6) is -2.03. The van der Waals surface area contributed by atoms with Crippen LogP contribution in [-0.2, 0) is 9.59 Å². The van der Waals surface area contributed by atoms with Crippen molar-refractivity contribution >= 4 is 11.9 Å². The summed E-state index contributed by atoms with van der Waals surface area (Å²) >= 11 is 0. The lowest BCUT2D eigenvalue weighted by atomic mass is 9.78. The number of hydrogen-bond acceptors (Lipinski definition) is 2. The third-order valence-electron chi connectivity index (χ3n) is 3.73. The molecule has 0 aliphatic heterocycles. The summed E-state index contributed by atoms with van der Waals surface area (Å²) < 4.78 is 0. The molecule has 0 rings (SSSR count). The number of rotatable bonds is 9. The van der Waals surface area contributed by atoms with Crippen LogP contribution in [0.4, 0.5) is 0 Å². The van der Waals surface area contributed by atoms with Crippen LogP contribution in [-0.4, -0.2) is 22.2 Å². The molecule has 4 nitrogen and oxygen atoms in total. The number of unbranched alkanes of at least 4 members (excludes halogenated alkanes) is 2. The fourth-order valence-corrected chi connectivity index (χ4v) is 2.35. The molecule has 0 aromatic rings. The van der Waals surface area contributed by atoms with E-state index in [1.54, 1.807) is 0 Å². The molecule has 2 N–H and O–H groups in total. The maximum Gasteiger partial charge on any atom is 0.307 e. The summed E-state index contributed by atoms with van der Waals surface area (Å²) in [6.45, 7) is 7.73. The number of carboxylic acid groups (broad SMARTS) is 2. The van der Waals surface area contributed by atoms with E-state index in [0.717, 1.165) is 19.3 Å². The van der Waals surface area contributed by atoms with Crippen molar-refractivity contribution in [1.29, 1.82) is 0 Å². The SMILES string of the molecule is CCC(CCCCCC(C(=O)O)C(C)(C)C)C(=O)O. The monoisotopic (exact) mass is 272 g/mol. The van der Waals surface area contributed by atoms with Gasteiger partial charge in [0.05, 0.1) is 11.8 Å². The van der Waals surface area contributed by atoms with Crippen LogP contribution in [0.25, 0.3) is 0 Å². The van der Waals surface area contributed by atoms with Crippen molar-refractivity contribution in [2.24, 2.45) is 17.3 Å². The molecule has 0 heterocycles. The first-order chi connectivity index (χ1) is 8.70. The Labute approximate surface area is 116 Å². The van der Waals surface area contributed by atoms with Gasteiger partial charge in [0.2, 0.25) is 0 Å². The Hall–Kier alpha value is -1.06. The molecular weight excluding hydrogens is 244 g/mol. The highest BCUT2D eigenvalue weighted by molar-refractivity contribution is 5.70. The molecule has 0 saturated carbocycles. The molecule has 0 aliphatic rings. The standard InChI is InChI=1S/C15H28O4/c1-5-11(13(16)17)9-7-6-8-10-12(14(18)19)15(2,3)4/h11-12H,5-10H2,1-4H3,(H,16,17)(H,18,19). The van der Waals surface area contributed by atoms with Crippen LogP contribution in [0.3, 0.4) is 0 Å². The van der Waals surface area contributed by atoms with Gasteiger partial charge in [-0.3, -0.25) is 9.59 Å². The predicted molar refractivity (Wildman–Crippen MR) is 75.1 cm³/mol. The minimum atomic E-state index is -0.732. The van der Waals surface area contributed by atoms with Crippen LogP contribution in [0.1, 0.15) is 66.2 Å². The van der Waals surface area contributed by atoms with Crippen LogP contribution in [0.2, 0.25) is 0 Å². The molecule has 2 unspecified atom stereocenters. The van der Waals surface area contributed by atoms with Gasteiger partial charge in [-0.15, -0.1) is 0 Å². The van der Waals surface area contributed by atoms with Crippen molar-refractivity contribution < 1.29 is 19.8 Å². The van der Waals surface area contributed by atoms with Crippen LogP contribution in [0.15, 0.2) is 0 Å². The molecule has 19 heavy (non-hydrogen) atoms. The molecule has 0 aromatic heterocycles. The van der Waals surface area contributed by atoms with Gasteiger partial charge in [0.1, 0.15) is 0 Å². The van der Waals surface area contributed by atoms with E-state index >= 15 is 0 Å². The third-order valence-corrected chi connectivity index (χ3v) is 3.73. The van der Waals surface area contributed by atoms with E-state index in [9.17, 15) is 14.7 Å². The van der Waals surface area contributed by atoms with E-state index in [1.807, 2.05) is 27.7 Å². The molecule has 0 radical (unpaired) electrons. The minimum Gasteiger partial charge on any atom is -0.481 e. The zero-order valence-corrected chi connectivity index (χ0v) is 12.6. The minimum absolute atomic E-state index is 0.223. The Balaban J connectivity index is 3.96. The molecule has 2 atom stereocenters. The van der Waals surface area contributed by atoms with Gasteiger partial charge < -0.3 is 10.2 Å². The van der Waals surface area contributed by atoms with Gasteiger partial charge >= 0.3 is 11.9 Å². The Kier molecular flexibility index (Phi) is 7.72. The molecule has 0 aromatic carbocycles. The lowest BCUT2D eigenvalue weighted by Gasteiger charge is -2.27. The summed E-state index contributed by atoms with van der Waals surface area (Å²) in [7, 11) is 0. The summed E-state index contributed by atoms with van der Waals surface area (Å²) in [4.78, 5) is 22.0. The van der Waals surface area contributed by atoms with Gasteiger partial charge in [0, 0.05) is 0 Å². The first-order valence-corrected chi connectivity index (χ1v) is 7.15. The Morgan fingerprint density at radius 1 is 0.947 bits per heavy atom.